The zero-order valence-electron chi connectivity index (χ0n) is 16.6. The summed E-state index contributed by atoms with van der Waals surface area (Å²) in [6, 6.07) is 13.4. The smallest absolute Gasteiger partial charge is 0.296 e. The average Bonchev–Trinajstić information content (AvgIpc) is 3.38. The van der Waals surface area contributed by atoms with Crippen LogP contribution in [0.2, 0.25) is 0 Å². The van der Waals surface area contributed by atoms with Crippen molar-refractivity contribution < 1.29 is 19.4 Å². The van der Waals surface area contributed by atoms with E-state index in [1.165, 1.54) is 4.90 Å². The van der Waals surface area contributed by atoms with Crippen LogP contribution in [0.4, 0.5) is 0 Å². The SMILES string of the molecule is O=C1C(=O)N(Cc2ccncc2)C(c2ccccn2)/C1=C(/O)c1ccc2c(c1)CCO2. The maximum absolute atomic E-state index is 13.1. The summed E-state index contributed by atoms with van der Waals surface area (Å²) >= 11 is 0. The average molecular weight is 413 g/mol. The standard InChI is InChI=1S/C24H19N3O4/c28-22(17-4-5-19-16(13-17)8-12-31-19)20-21(18-3-1-2-9-26-18)27(24(30)23(20)29)14-15-6-10-25-11-7-15/h1-7,9-11,13,21,28H,8,12,14H2/b22-20-. The predicted molar refractivity (Wildman–Crippen MR) is 112 cm³/mol. The Morgan fingerprint density at radius 3 is 2.71 bits per heavy atom. The van der Waals surface area contributed by atoms with Gasteiger partial charge in [-0.3, -0.25) is 19.6 Å². The van der Waals surface area contributed by atoms with Crippen molar-refractivity contribution in [2.75, 3.05) is 6.61 Å². The zero-order valence-corrected chi connectivity index (χ0v) is 16.6. The van der Waals surface area contributed by atoms with Crippen molar-refractivity contribution in [3.05, 3.63) is 95.1 Å². The van der Waals surface area contributed by atoms with Gasteiger partial charge in [0.25, 0.3) is 11.7 Å². The second-order valence-electron chi connectivity index (χ2n) is 7.46. The van der Waals surface area contributed by atoms with Crippen LogP contribution in [-0.4, -0.2) is 38.3 Å². The van der Waals surface area contributed by atoms with Crippen molar-refractivity contribution in [1.82, 2.24) is 14.9 Å². The largest absolute Gasteiger partial charge is 0.507 e. The van der Waals surface area contributed by atoms with Gasteiger partial charge in [0, 0.05) is 37.1 Å². The molecule has 7 heteroatoms. The minimum atomic E-state index is -0.793. The molecule has 0 radical (unpaired) electrons. The molecular formula is C24H19N3O4. The van der Waals surface area contributed by atoms with E-state index in [2.05, 4.69) is 9.97 Å². The molecule has 2 aliphatic heterocycles. The van der Waals surface area contributed by atoms with E-state index in [4.69, 9.17) is 4.74 Å². The number of hydrogen-bond donors (Lipinski definition) is 1. The molecule has 3 aromatic rings. The number of rotatable bonds is 4. The number of aliphatic hydroxyl groups is 1. The van der Waals surface area contributed by atoms with Crippen molar-refractivity contribution >= 4 is 17.4 Å². The molecular weight excluding hydrogens is 394 g/mol. The Hall–Kier alpha value is -4.00. The number of Topliss-reactive ketones (excluding diaryl/α,β-unsaturated/α-hetero) is 1. The molecule has 1 aromatic carbocycles. The summed E-state index contributed by atoms with van der Waals surface area (Å²) in [6.07, 6.45) is 5.60. The summed E-state index contributed by atoms with van der Waals surface area (Å²) in [5.41, 5.74) is 2.82. The highest BCUT2D eigenvalue weighted by atomic mass is 16.5. The maximum Gasteiger partial charge on any atom is 0.296 e. The number of carbonyl (C=O) groups is 2. The highest BCUT2D eigenvalue weighted by Crippen LogP contribution is 2.40. The lowest BCUT2D eigenvalue weighted by Gasteiger charge is -2.24. The van der Waals surface area contributed by atoms with Crippen LogP contribution in [0.15, 0.2) is 72.7 Å². The van der Waals surface area contributed by atoms with E-state index in [9.17, 15) is 14.7 Å². The molecule has 4 heterocycles. The minimum Gasteiger partial charge on any atom is -0.507 e. The summed E-state index contributed by atoms with van der Waals surface area (Å²) in [5.74, 6) is -0.825. The van der Waals surface area contributed by atoms with E-state index in [-0.39, 0.29) is 17.9 Å². The quantitative estimate of drug-likeness (QED) is 0.402. The molecule has 1 fully saturated rings. The minimum absolute atomic E-state index is 0.0385. The maximum atomic E-state index is 13.1. The lowest BCUT2D eigenvalue weighted by molar-refractivity contribution is -0.140. The van der Waals surface area contributed by atoms with Gasteiger partial charge >= 0.3 is 0 Å². The normalized spacial score (nSPS) is 19.4. The molecule has 1 saturated heterocycles. The van der Waals surface area contributed by atoms with Crippen LogP contribution in [0, 0.1) is 0 Å². The van der Waals surface area contributed by atoms with Crippen LogP contribution in [0.3, 0.4) is 0 Å². The Bertz CT molecular complexity index is 1190. The first-order valence-corrected chi connectivity index (χ1v) is 9.98. The molecule has 0 spiro atoms. The third-order valence-electron chi connectivity index (χ3n) is 5.57. The molecule has 0 bridgehead atoms. The number of likely N-dealkylation sites (tertiary alicyclic amines) is 1. The number of ether oxygens (including phenoxy) is 1. The molecule has 1 N–H and O–H groups in total. The Morgan fingerprint density at radius 1 is 1.10 bits per heavy atom. The van der Waals surface area contributed by atoms with Gasteiger partial charge in [-0.1, -0.05) is 6.07 Å². The van der Waals surface area contributed by atoms with Gasteiger partial charge in [-0.15, -0.1) is 0 Å². The number of amides is 1. The van der Waals surface area contributed by atoms with Crippen LogP contribution in [0.5, 0.6) is 5.75 Å². The molecule has 0 aliphatic carbocycles. The van der Waals surface area contributed by atoms with Crippen LogP contribution in [0.25, 0.3) is 5.76 Å². The highest BCUT2D eigenvalue weighted by molar-refractivity contribution is 6.46. The summed E-state index contributed by atoms with van der Waals surface area (Å²) in [4.78, 5) is 35.9. The number of benzene rings is 1. The van der Waals surface area contributed by atoms with Gasteiger partial charge in [0.05, 0.1) is 17.9 Å². The van der Waals surface area contributed by atoms with Gasteiger partial charge in [-0.2, -0.15) is 0 Å². The number of aromatic nitrogens is 2. The van der Waals surface area contributed by atoms with Crippen LogP contribution in [0.1, 0.15) is 28.4 Å². The Kier molecular flexibility index (Phi) is 4.71. The molecule has 154 valence electrons. The van der Waals surface area contributed by atoms with Crippen molar-refractivity contribution in [3.63, 3.8) is 0 Å². The van der Waals surface area contributed by atoms with E-state index in [1.54, 1.807) is 61.1 Å². The van der Waals surface area contributed by atoms with Gasteiger partial charge < -0.3 is 14.7 Å². The molecule has 31 heavy (non-hydrogen) atoms. The molecule has 7 nitrogen and oxygen atoms in total. The summed E-state index contributed by atoms with van der Waals surface area (Å²) in [7, 11) is 0. The number of pyridine rings is 2. The first-order valence-electron chi connectivity index (χ1n) is 9.98. The number of nitrogens with zero attached hydrogens (tertiary/aromatic N) is 3. The number of ketones is 1. The fraction of sp³-hybridized carbons (Fsp3) is 0.167. The predicted octanol–water partition coefficient (Wildman–Crippen LogP) is 3.03. The third-order valence-corrected chi connectivity index (χ3v) is 5.57. The third kappa shape index (κ3) is 3.34. The van der Waals surface area contributed by atoms with E-state index >= 15 is 0 Å². The summed E-state index contributed by atoms with van der Waals surface area (Å²) in [5, 5.41) is 11.2. The molecule has 5 rings (SSSR count). The first-order chi connectivity index (χ1) is 15.1. The van der Waals surface area contributed by atoms with Gasteiger partial charge in [-0.25, -0.2) is 0 Å². The fourth-order valence-electron chi connectivity index (χ4n) is 4.06. The van der Waals surface area contributed by atoms with Gasteiger partial charge in [0.1, 0.15) is 17.6 Å². The second-order valence-corrected chi connectivity index (χ2v) is 7.46. The monoisotopic (exact) mass is 413 g/mol. The van der Waals surface area contributed by atoms with Gasteiger partial charge in [0.2, 0.25) is 0 Å². The van der Waals surface area contributed by atoms with Crippen molar-refractivity contribution in [3.8, 4) is 5.75 Å². The topological polar surface area (TPSA) is 92.6 Å². The Balaban J connectivity index is 1.63. The van der Waals surface area contributed by atoms with E-state index in [0.717, 1.165) is 23.3 Å². The molecule has 1 atom stereocenters. The molecule has 0 saturated carbocycles. The zero-order chi connectivity index (χ0) is 21.4. The van der Waals surface area contributed by atoms with Crippen LogP contribution >= 0.6 is 0 Å². The number of hydrogen-bond acceptors (Lipinski definition) is 6. The number of aliphatic hydroxyl groups excluding tert-OH is 1. The summed E-state index contributed by atoms with van der Waals surface area (Å²) in [6.45, 7) is 0.785. The molecule has 2 aliphatic rings. The highest BCUT2D eigenvalue weighted by Gasteiger charge is 2.46. The first kappa shape index (κ1) is 19.0. The van der Waals surface area contributed by atoms with Crippen LogP contribution in [-0.2, 0) is 22.6 Å². The Labute approximate surface area is 178 Å². The van der Waals surface area contributed by atoms with Crippen LogP contribution < -0.4 is 4.74 Å². The van der Waals surface area contributed by atoms with Crippen molar-refractivity contribution in [2.45, 2.75) is 19.0 Å². The molecule has 1 unspecified atom stereocenters. The number of carbonyl (C=O) groups excluding carboxylic acids is 2. The van der Waals surface area contributed by atoms with Gasteiger partial charge in [-0.05, 0) is 53.6 Å². The van der Waals surface area contributed by atoms with E-state index < -0.39 is 17.7 Å². The number of fused-ring (bicyclic) bond motifs is 1. The van der Waals surface area contributed by atoms with E-state index in [0.29, 0.717) is 17.9 Å². The molecule has 2 aromatic heterocycles. The fourth-order valence-corrected chi connectivity index (χ4v) is 4.06. The second kappa shape index (κ2) is 7.68. The lowest BCUT2D eigenvalue weighted by Crippen LogP contribution is -2.29. The van der Waals surface area contributed by atoms with Crippen molar-refractivity contribution in [1.29, 1.82) is 0 Å². The van der Waals surface area contributed by atoms with Gasteiger partial charge in [0.15, 0.2) is 0 Å². The lowest BCUT2D eigenvalue weighted by atomic mass is 9.97. The summed E-state index contributed by atoms with van der Waals surface area (Å²) < 4.78 is 5.53. The Morgan fingerprint density at radius 2 is 1.94 bits per heavy atom. The van der Waals surface area contributed by atoms with E-state index in [1.807, 2.05) is 6.07 Å². The van der Waals surface area contributed by atoms with Crippen molar-refractivity contribution in [2.24, 2.45) is 0 Å². The molecule has 1 amide bonds.